The average molecular weight is 482 g/mol. The van der Waals surface area contributed by atoms with Crippen molar-refractivity contribution in [3.63, 3.8) is 0 Å². The largest absolute Gasteiger partial charge is 0.477 e. The molecule has 0 saturated heterocycles. The molecular formula is C23H29Cl2N3O4. The molecule has 1 aromatic carbocycles. The molecule has 174 valence electrons. The van der Waals surface area contributed by atoms with Gasteiger partial charge < -0.3 is 14.4 Å². The lowest BCUT2D eigenvalue weighted by molar-refractivity contribution is -0.142. The monoisotopic (exact) mass is 481 g/mol. The third-order valence-electron chi connectivity index (χ3n) is 4.95. The predicted molar refractivity (Wildman–Crippen MR) is 126 cm³/mol. The van der Waals surface area contributed by atoms with Gasteiger partial charge in [0.2, 0.25) is 0 Å². The van der Waals surface area contributed by atoms with Crippen LogP contribution in [0.1, 0.15) is 50.8 Å². The zero-order valence-electron chi connectivity index (χ0n) is 18.6. The van der Waals surface area contributed by atoms with Crippen molar-refractivity contribution in [3.8, 4) is 0 Å². The number of halogens is 2. The van der Waals surface area contributed by atoms with Gasteiger partial charge in [0.05, 0.1) is 13.4 Å². The van der Waals surface area contributed by atoms with Crippen LogP contribution in [0.3, 0.4) is 0 Å². The molecule has 0 bridgehead atoms. The molecule has 1 atom stereocenters. The van der Waals surface area contributed by atoms with Gasteiger partial charge >= 0.3 is 11.9 Å². The fourth-order valence-corrected chi connectivity index (χ4v) is 3.91. The molecule has 0 saturated carbocycles. The normalized spacial score (nSPS) is 12.8. The van der Waals surface area contributed by atoms with Crippen LogP contribution in [0, 0.1) is 5.92 Å². The highest BCUT2D eigenvalue weighted by Crippen LogP contribution is 2.21. The Hall–Kier alpha value is -2.38. The number of carboxylic acids is 1. The predicted octanol–water partition coefficient (Wildman–Crippen LogP) is 5.06. The Morgan fingerprint density at radius 3 is 2.47 bits per heavy atom. The number of esters is 1. The number of carboxylic acid groups (broad SMARTS) is 1. The first-order valence-electron chi connectivity index (χ1n) is 10.5. The van der Waals surface area contributed by atoms with E-state index in [0.717, 1.165) is 18.4 Å². The van der Waals surface area contributed by atoms with Crippen molar-refractivity contribution in [1.29, 1.82) is 0 Å². The van der Waals surface area contributed by atoms with Crippen LogP contribution >= 0.6 is 23.2 Å². The number of imidazole rings is 1. The van der Waals surface area contributed by atoms with Gasteiger partial charge in [-0.3, -0.25) is 4.99 Å². The molecule has 7 nitrogen and oxygen atoms in total. The summed E-state index contributed by atoms with van der Waals surface area (Å²) in [5.74, 6) is -1.16. The Morgan fingerprint density at radius 2 is 1.88 bits per heavy atom. The number of nitrogens with zero attached hydrogens (tertiary/aromatic N) is 3. The molecule has 1 aromatic heterocycles. The fourth-order valence-electron chi connectivity index (χ4n) is 3.34. The minimum atomic E-state index is -1.12. The number of benzene rings is 1. The second kappa shape index (κ2) is 12.6. The molecule has 0 unspecified atom stereocenters. The number of aromatic nitrogens is 2. The number of carbonyl (C=O) groups excluding carboxylic acids is 1. The van der Waals surface area contributed by atoms with E-state index >= 15 is 0 Å². The van der Waals surface area contributed by atoms with Crippen molar-refractivity contribution < 1.29 is 19.4 Å². The highest BCUT2D eigenvalue weighted by molar-refractivity contribution is 6.36. The van der Waals surface area contributed by atoms with Crippen LogP contribution in [0.15, 0.2) is 35.7 Å². The van der Waals surface area contributed by atoms with Crippen molar-refractivity contribution in [2.45, 2.75) is 58.5 Å². The summed E-state index contributed by atoms with van der Waals surface area (Å²) in [7, 11) is 1.26. The molecule has 0 aliphatic rings. The van der Waals surface area contributed by atoms with E-state index in [-0.39, 0.29) is 12.1 Å². The minimum Gasteiger partial charge on any atom is -0.477 e. The SMILES string of the molecule is COC(=O)[C@H](Cc1cncn1Cc1cc(Cl)cc(Cl)c1)N=C(CCCCC(C)C)C(=O)O. The van der Waals surface area contributed by atoms with E-state index in [2.05, 4.69) is 23.8 Å². The number of hydrogen-bond acceptors (Lipinski definition) is 5. The Morgan fingerprint density at radius 1 is 1.19 bits per heavy atom. The zero-order chi connectivity index (χ0) is 23.7. The van der Waals surface area contributed by atoms with E-state index in [1.165, 1.54) is 7.11 Å². The molecular weight excluding hydrogens is 453 g/mol. The van der Waals surface area contributed by atoms with Crippen LogP contribution < -0.4 is 0 Å². The summed E-state index contributed by atoms with van der Waals surface area (Å²) < 4.78 is 6.73. The maximum absolute atomic E-state index is 12.4. The lowest BCUT2D eigenvalue weighted by atomic mass is 10.0. The molecule has 0 spiro atoms. The molecule has 0 aliphatic heterocycles. The number of unbranched alkanes of at least 4 members (excludes halogenated alkanes) is 1. The van der Waals surface area contributed by atoms with Crippen LogP contribution in [-0.2, 0) is 27.3 Å². The molecule has 2 aromatic rings. The Kier molecular flexibility index (Phi) is 10.2. The fraction of sp³-hybridized carbons (Fsp3) is 0.478. The lowest BCUT2D eigenvalue weighted by Gasteiger charge is -2.14. The van der Waals surface area contributed by atoms with E-state index in [1.807, 2.05) is 4.57 Å². The second-order valence-electron chi connectivity index (χ2n) is 8.05. The van der Waals surface area contributed by atoms with Crippen molar-refractivity contribution in [2.75, 3.05) is 7.11 Å². The van der Waals surface area contributed by atoms with Crippen molar-refractivity contribution in [2.24, 2.45) is 10.9 Å². The van der Waals surface area contributed by atoms with Gasteiger partial charge in [-0.05, 0) is 42.5 Å². The molecule has 2 rings (SSSR count). The average Bonchev–Trinajstić information content (AvgIpc) is 3.14. The lowest BCUT2D eigenvalue weighted by Crippen LogP contribution is -2.27. The molecule has 9 heteroatoms. The van der Waals surface area contributed by atoms with E-state index < -0.39 is 18.0 Å². The van der Waals surface area contributed by atoms with Gasteiger partial charge in [-0.25, -0.2) is 14.6 Å². The maximum Gasteiger partial charge on any atom is 0.349 e. The zero-order valence-corrected chi connectivity index (χ0v) is 20.1. The number of hydrogen-bond donors (Lipinski definition) is 1. The quantitative estimate of drug-likeness (QED) is 0.259. The first kappa shape index (κ1) is 25.9. The number of aliphatic imine (C=N–C) groups is 1. The minimum absolute atomic E-state index is 0.0168. The molecule has 1 N–H and O–H groups in total. The van der Waals surface area contributed by atoms with Gasteiger partial charge in [0.25, 0.3) is 0 Å². The second-order valence-corrected chi connectivity index (χ2v) is 8.93. The van der Waals surface area contributed by atoms with Crippen molar-refractivity contribution in [3.05, 3.63) is 52.0 Å². The number of aliphatic carboxylic acids is 1. The third-order valence-corrected chi connectivity index (χ3v) is 5.39. The van der Waals surface area contributed by atoms with Crippen molar-refractivity contribution in [1.82, 2.24) is 9.55 Å². The van der Waals surface area contributed by atoms with Crippen molar-refractivity contribution >= 4 is 40.9 Å². The number of methoxy groups -OCH3 is 1. The number of ether oxygens (including phenoxy) is 1. The summed E-state index contributed by atoms with van der Waals surface area (Å²) >= 11 is 12.2. The smallest absolute Gasteiger partial charge is 0.349 e. The van der Waals surface area contributed by atoms with Gasteiger partial charge in [-0.15, -0.1) is 0 Å². The summed E-state index contributed by atoms with van der Waals surface area (Å²) in [6.07, 6.45) is 6.33. The molecule has 32 heavy (non-hydrogen) atoms. The van der Waals surface area contributed by atoms with Crippen LogP contribution in [0.5, 0.6) is 0 Å². The molecule has 0 fully saturated rings. The van der Waals surface area contributed by atoms with Gasteiger partial charge in [0.1, 0.15) is 5.71 Å². The van der Waals surface area contributed by atoms with Gasteiger partial charge in [-0.2, -0.15) is 0 Å². The topological polar surface area (TPSA) is 93.8 Å². The summed E-state index contributed by atoms with van der Waals surface area (Å²) in [6, 6.07) is 4.27. The highest BCUT2D eigenvalue weighted by Gasteiger charge is 2.23. The van der Waals surface area contributed by atoms with E-state index in [4.69, 9.17) is 27.9 Å². The first-order chi connectivity index (χ1) is 15.2. The standard InChI is InChI=1S/C23H29Cl2N3O4/c1-15(2)6-4-5-7-20(22(29)30)27-21(23(31)32-3)11-19-12-26-14-28(19)13-16-8-17(24)10-18(25)9-16/h8-10,12,14-15,21H,4-7,11,13H2,1-3H3,(H,29,30)/t21-/m0/s1. The Balaban J connectivity index is 2.20. The van der Waals surface area contributed by atoms with Crippen LogP contribution in [0.4, 0.5) is 0 Å². The summed E-state index contributed by atoms with van der Waals surface area (Å²) in [4.78, 5) is 32.6. The van der Waals surface area contributed by atoms with Crippen LogP contribution in [0.2, 0.25) is 10.0 Å². The van der Waals surface area contributed by atoms with Crippen LogP contribution in [0.25, 0.3) is 0 Å². The number of carbonyl (C=O) groups is 2. The third kappa shape index (κ3) is 8.28. The summed E-state index contributed by atoms with van der Waals surface area (Å²) in [5, 5.41) is 10.6. The first-order valence-corrected chi connectivity index (χ1v) is 11.3. The Labute approximate surface area is 198 Å². The molecule has 0 aliphatic carbocycles. The van der Waals surface area contributed by atoms with Gasteiger partial charge in [0, 0.05) is 34.9 Å². The van der Waals surface area contributed by atoms with E-state index in [1.54, 1.807) is 30.7 Å². The summed E-state index contributed by atoms with van der Waals surface area (Å²) in [6.45, 7) is 4.69. The Bertz CT molecular complexity index is 936. The molecule has 0 radical (unpaired) electrons. The van der Waals surface area contributed by atoms with Gasteiger partial charge in [0.15, 0.2) is 6.04 Å². The maximum atomic E-state index is 12.4. The van der Waals surface area contributed by atoms with Gasteiger partial charge in [-0.1, -0.05) is 49.9 Å². The summed E-state index contributed by atoms with van der Waals surface area (Å²) in [5.41, 5.74) is 1.57. The molecule has 1 heterocycles. The number of rotatable bonds is 12. The molecule has 0 amide bonds. The highest BCUT2D eigenvalue weighted by atomic mass is 35.5. The van der Waals surface area contributed by atoms with E-state index in [0.29, 0.717) is 41.0 Å². The van der Waals surface area contributed by atoms with Crippen LogP contribution in [-0.4, -0.2) is 45.5 Å². The van der Waals surface area contributed by atoms with E-state index in [9.17, 15) is 14.7 Å².